The minimum absolute atomic E-state index is 0. The van der Waals surface area contributed by atoms with Crippen molar-refractivity contribution in [3.8, 4) is 0 Å². The summed E-state index contributed by atoms with van der Waals surface area (Å²) in [5.74, 6) is -0.798. The SMILES string of the molecule is CC(C)[C@@H](N)C(=O)Nc1ccccc1F.Cl. The summed E-state index contributed by atoms with van der Waals surface area (Å²) >= 11 is 0. The summed E-state index contributed by atoms with van der Waals surface area (Å²) in [6, 6.07) is 5.38. The zero-order valence-corrected chi connectivity index (χ0v) is 10.1. The van der Waals surface area contributed by atoms with Gasteiger partial charge in [-0.05, 0) is 18.1 Å². The fraction of sp³-hybridized carbons (Fsp3) is 0.364. The molecule has 0 saturated heterocycles. The molecule has 90 valence electrons. The first kappa shape index (κ1) is 14.9. The van der Waals surface area contributed by atoms with Gasteiger partial charge in [0.1, 0.15) is 5.82 Å². The molecule has 0 spiro atoms. The molecule has 1 aromatic carbocycles. The van der Waals surface area contributed by atoms with Gasteiger partial charge in [-0.1, -0.05) is 26.0 Å². The summed E-state index contributed by atoms with van der Waals surface area (Å²) in [6.07, 6.45) is 0. The Morgan fingerprint density at radius 1 is 1.38 bits per heavy atom. The molecule has 0 bridgehead atoms. The molecule has 0 aliphatic carbocycles. The van der Waals surface area contributed by atoms with Crippen molar-refractivity contribution in [3.63, 3.8) is 0 Å². The van der Waals surface area contributed by atoms with Crippen LogP contribution in [0.1, 0.15) is 13.8 Å². The molecule has 0 aliphatic heterocycles. The van der Waals surface area contributed by atoms with Gasteiger partial charge in [0.15, 0.2) is 0 Å². The monoisotopic (exact) mass is 246 g/mol. The molecule has 0 aromatic heterocycles. The van der Waals surface area contributed by atoms with Crippen molar-refractivity contribution in [2.24, 2.45) is 11.7 Å². The quantitative estimate of drug-likeness (QED) is 0.859. The molecule has 0 fully saturated rings. The van der Waals surface area contributed by atoms with Crippen LogP contribution in [0.3, 0.4) is 0 Å². The summed E-state index contributed by atoms with van der Waals surface area (Å²) in [4.78, 5) is 11.5. The van der Waals surface area contributed by atoms with Crippen molar-refractivity contribution in [2.45, 2.75) is 19.9 Å². The number of nitrogens with two attached hydrogens (primary N) is 1. The van der Waals surface area contributed by atoms with Gasteiger partial charge in [-0.2, -0.15) is 0 Å². The smallest absolute Gasteiger partial charge is 0.241 e. The summed E-state index contributed by atoms with van der Waals surface area (Å²) in [6.45, 7) is 3.68. The van der Waals surface area contributed by atoms with Gasteiger partial charge in [-0.3, -0.25) is 4.79 Å². The molecule has 1 atom stereocenters. The average Bonchev–Trinajstić information content (AvgIpc) is 2.20. The van der Waals surface area contributed by atoms with E-state index in [2.05, 4.69) is 5.32 Å². The molecule has 16 heavy (non-hydrogen) atoms. The summed E-state index contributed by atoms with van der Waals surface area (Å²) in [5.41, 5.74) is 5.79. The second-order valence-electron chi connectivity index (χ2n) is 3.74. The number of halogens is 2. The van der Waals surface area contributed by atoms with E-state index in [-0.39, 0.29) is 29.9 Å². The number of anilines is 1. The number of rotatable bonds is 3. The highest BCUT2D eigenvalue weighted by molar-refractivity contribution is 5.94. The maximum atomic E-state index is 13.2. The lowest BCUT2D eigenvalue weighted by molar-refractivity contribution is -0.118. The molecule has 1 aromatic rings. The van der Waals surface area contributed by atoms with Gasteiger partial charge < -0.3 is 11.1 Å². The van der Waals surface area contributed by atoms with Crippen molar-refractivity contribution in [3.05, 3.63) is 30.1 Å². The Morgan fingerprint density at radius 2 is 1.94 bits per heavy atom. The van der Waals surface area contributed by atoms with Gasteiger partial charge in [-0.15, -0.1) is 12.4 Å². The largest absolute Gasteiger partial charge is 0.322 e. The lowest BCUT2D eigenvalue weighted by atomic mass is 10.0. The summed E-state index contributed by atoms with van der Waals surface area (Å²) in [5, 5.41) is 2.45. The average molecular weight is 247 g/mol. The van der Waals surface area contributed by atoms with Gasteiger partial charge in [-0.25, -0.2) is 4.39 Å². The first-order valence-electron chi connectivity index (χ1n) is 4.83. The van der Waals surface area contributed by atoms with Crippen LogP contribution in [-0.2, 0) is 4.79 Å². The van der Waals surface area contributed by atoms with Gasteiger partial charge in [0.2, 0.25) is 5.91 Å². The number of amides is 1. The van der Waals surface area contributed by atoms with Crippen LogP contribution in [0.25, 0.3) is 0 Å². The van der Waals surface area contributed by atoms with Crippen LogP contribution >= 0.6 is 12.4 Å². The third-order valence-corrected chi connectivity index (χ3v) is 2.15. The van der Waals surface area contributed by atoms with E-state index in [1.807, 2.05) is 13.8 Å². The third kappa shape index (κ3) is 3.79. The summed E-state index contributed by atoms with van der Waals surface area (Å²) in [7, 11) is 0. The van der Waals surface area contributed by atoms with E-state index < -0.39 is 11.9 Å². The first-order chi connectivity index (χ1) is 7.02. The molecule has 0 unspecified atom stereocenters. The number of benzene rings is 1. The number of hydrogen-bond donors (Lipinski definition) is 2. The fourth-order valence-corrected chi connectivity index (χ4v) is 1.08. The molecule has 5 heteroatoms. The number of para-hydroxylation sites is 1. The predicted octanol–water partition coefficient (Wildman–Crippen LogP) is 2.17. The molecule has 1 rings (SSSR count). The van der Waals surface area contributed by atoms with Crippen LogP contribution in [0, 0.1) is 11.7 Å². The molecule has 0 heterocycles. The van der Waals surface area contributed by atoms with E-state index in [4.69, 9.17) is 5.73 Å². The summed E-state index contributed by atoms with van der Waals surface area (Å²) < 4.78 is 13.2. The van der Waals surface area contributed by atoms with E-state index in [0.717, 1.165) is 0 Å². The van der Waals surface area contributed by atoms with Crippen LogP contribution < -0.4 is 11.1 Å². The molecule has 1 amide bonds. The Kier molecular flexibility index (Phi) is 6.00. The van der Waals surface area contributed by atoms with Gasteiger partial charge in [0, 0.05) is 0 Å². The highest BCUT2D eigenvalue weighted by Gasteiger charge is 2.17. The van der Waals surface area contributed by atoms with Crippen LogP contribution in [0.2, 0.25) is 0 Å². The van der Waals surface area contributed by atoms with Crippen molar-refractivity contribution in [1.82, 2.24) is 0 Å². The van der Waals surface area contributed by atoms with E-state index in [1.165, 1.54) is 12.1 Å². The second-order valence-corrected chi connectivity index (χ2v) is 3.74. The van der Waals surface area contributed by atoms with E-state index >= 15 is 0 Å². The minimum atomic E-state index is -0.621. The highest BCUT2D eigenvalue weighted by Crippen LogP contribution is 2.13. The van der Waals surface area contributed by atoms with Gasteiger partial charge in [0.05, 0.1) is 11.7 Å². The van der Waals surface area contributed by atoms with Crippen molar-refractivity contribution in [2.75, 3.05) is 5.32 Å². The highest BCUT2D eigenvalue weighted by atomic mass is 35.5. The van der Waals surface area contributed by atoms with E-state index in [0.29, 0.717) is 0 Å². The Hall–Kier alpha value is -1.13. The number of carbonyl (C=O) groups is 1. The van der Waals surface area contributed by atoms with Crippen LogP contribution in [-0.4, -0.2) is 11.9 Å². The van der Waals surface area contributed by atoms with Gasteiger partial charge in [0.25, 0.3) is 0 Å². The Morgan fingerprint density at radius 3 is 2.44 bits per heavy atom. The molecular weight excluding hydrogens is 231 g/mol. The number of carbonyl (C=O) groups excluding carboxylic acids is 1. The molecule has 0 saturated carbocycles. The molecule has 0 aliphatic rings. The van der Waals surface area contributed by atoms with Crippen LogP contribution in [0.5, 0.6) is 0 Å². The zero-order valence-electron chi connectivity index (χ0n) is 9.24. The van der Waals surface area contributed by atoms with Crippen molar-refractivity contribution in [1.29, 1.82) is 0 Å². The molecule has 3 nitrogen and oxygen atoms in total. The van der Waals surface area contributed by atoms with E-state index in [9.17, 15) is 9.18 Å². The van der Waals surface area contributed by atoms with Crippen LogP contribution in [0.15, 0.2) is 24.3 Å². The van der Waals surface area contributed by atoms with E-state index in [1.54, 1.807) is 12.1 Å². The first-order valence-corrected chi connectivity index (χ1v) is 4.83. The topological polar surface area (TPSA) is 55.1 Å². The van der Waals surface area contributed by atoms with Crippen molar-refractivity contribution >= 4 is 24.0 Å². The van der Waals surface area contributed by atoms with Gasteiger partial charge >= 0.3 is 0 Å². The van der Waals surface area contributed by atoms with Crippen LogP contribution in [0.4, 0.5) is 10.1 Å². The third-order valence-electron chi connectivity index (χ3n) is 2.15. The lowest BCUT2D eigenvalue weighted by Gasteiger charge is -2.15. The molecule has 3 N–H and O–H groups in total. The lowest BCUT2D eigenvalue weighted by Crippen LogP contribution is -2.39. The Balaban J connectivity index is 0.00000225. The normalized spacial score (nSPS) is 11.8. The Labute approximate surface area is 101 Å². The van der Waals surface area contributed by atoms with Crippen molar-refractivity contribution < 1.29 is 9.18 Å². The molecular formula is C11H16ClFN2O. The minimum Gasteiger partial charge on any atom is -0.322 e. The number of nitrogens with one attached hydrogen (secondary N) is 1. The standard InChI is InChI=1S/C11H15FN2O.ClH/c1-7(2)10(13)11(15)14-9-6-4-3-5-8(9)12;/h3-7,10H,13H2,1-2H3,(H,14,15);1H/t10-;/m1./s1. The second kappa shape index (κ2) is 6.45. The predicted molar refractivity (Wildman–Crippen MR) is 65.1 cm³/mol. The maximum absolute atomic E-state index is 13.2. The Bertz CT molecular complexity index is 358. The zero-order chi connectivity index (χ0) is 11.4. The molecule has 0 radical (unpaired) electrons. The fourth-order valence-electron chi connectivity index (χ4n) is 1.08. The maximum Gasteiger partial charge on any atom is 0.241 e. The number of hydrogen-bond acceptors (Lipinski definition) is 2.